The third-order valence-corrected chi connectivity index (χ3v) is 2.85. The summed E-state index contributed by atoms with van der Waals surface area (Å²) in [5, 5.41) is 16.8. The number of hydrogen-bond acceptors (Lipinski definition) is 6. The Morgan fingerprint density at radius 3 is 3.18 bits per heavy atom. The van der Waals surface area contributed by atoms with Gasteiger partial charge in [-0.1, -0.05) is 11.2 Å². The summed E-state index contributed by atoms with van der Waals surface area (Å²) in [5.41, 5.74) is 0. The van der Waals surface area contributed by atoms with E-state index in [1.165, 1.54) is 11.3 Å². The Balaban J connectivity index is 2.01. The summed E-state index contributed by atoms with van der Waals surface area (Å²) in [6.45, 7) is 0.413. The van der Waals surface area contributed by atoms with Gasteiger partial charge in [0.15, 0.2) is 0 Å². The highest BCUT2D eigenvalue weighted by Gasteiger charge is 2.15. The van der Waals surface area contributed by atoms with E-state index in [1.54, 1.807) is 0 Å². The Morgan fingerprint density at radius 1 is 1.59 bits per heavy atom. The van der Waals surface area contributed by atoms with Gasteiger partial charge in [0.1, 0.15) is 0 Å². The Kier molecular flexibility index (Phi) is 3.84. The Morgan fingerprint density at radius 2 is 2.47 bits per heavy atom. The SMILES string of the molecule is O=C(NCCCO)c1nc(-c2cccs2)no1. The predicted molar refractivity (Wildman–Crippen MR) is 61.6 cm³/mol. The van der Waals surface area contributed by atoms with Gasteiger partial charge in [-0.05, 0) is 17.9 Å². The molecule has 0 saturated carbocycles. The number of hydrogen-bond donors (Lipinski definition) is 2. The van der Waals surface area contributed by atoms with Crippen LogP contribution in [0.15, 0.2) is 22.0 Å². The van der Waals surface area contributed by atoms with E-state index in [0.29, 0.717) is 18.8 Å². The van der Waals surface area contributed by atoms with Crippen LogP contribution in [-0.2, 0) is 0 Å². The summed E-state index contributed by atoms with van der Waals surface area (Å²) < 4.78 is 4.85. The van der Waals surface area contributed by atoms with Gasteiger partial charge in [-0.25, -0.2) is 0 Å². The molecule has 7 heteroatoms. The molecule has 0 bridgehead atoms. The van der Waals surface area contributed by atoms with Crippen molar-refractivity contribution in [1.29, 1.82) is 0 Å². The maximum Gasteiger partial charge on any atom is 0.316 e. The van der Waals surface area contributed by atoms with E-state index in [4.69, 9.17) is 9.63 Å². The van der Waals surface area contributed by atoms with Gasteiger partial charge in [0.25, 0.3) is 0 Å². The minimum Gasteiger partial charge on any atom is -0.396 e. The molecule has 6 nitrogen and oxygen atoms in total. The molecule has 0 saturated heterocycles. The number of aliphatic hydroxyl groups is 1. The van der Waals surface area contributed by atoms with E-state index in [1.807, 2.05) is 17.5 Å². The third-order valence-electron chi connectivity index (χ3n) is 1.98. The molecular weight excluding hydrogens is 242 g/mol. The summed E-state index contributed by atoms with van der Waals surface area (Å²) in [4.78, 5) is 16.4. The summed E-state index contributed by atoms with van der Waals surface area (Å²) in [5.74, 6) is -0.0765. The maximum atomic E-state index is 11.5. The monoisotopic (exact) mass is 253 g/mol. The largest absolute Gasteiger partial charge is 0.396 e. The summed E-state index contributed by atoms with van der Waals surface area (Å²) in [7, 11) is 0. The number of aliphatic hydroxyl groups excluding tert-OH is 1. The lowest BCUT2D eigenvalue weighted by Crippen LogP contribution is -2.25. The van der Waals surface area contributed by atoms with Crippen molar-refractivity contribution in [2.24, 2.45) is 0 Å². The molecule has 0 spiro atoms. The van der Waals surface area contributed by atoms with E-state index in [2.05, 4.69) is 15.5 Å². The molecule has 2 aromatic heterocycles. The number of rotatable bonds is 5. The van der Waals surface area contributed by atoms with E-state index in [0.717, 1.165) is 4.88 Å². The zero-order chi connectivity index (χ0) is 12.1. The van der Waals surface area contributed by atoms with E-state index in [-0.39, 0.29) is 12.5 Å². The van der Waals surface area contributed by atoms with Gasteiger partial charge < -0.3 is 14.9 Å². The first-order valence-corrected chi connectivity index (χ1v) is 5.96. The molecule has 0 aliphatic rings. The molecule has 0 aromatic carbocycles. The van der Waals surface area contributed by atoms with Crippen molar-refractivity contribution >= 4 is 17.2 Å². The lowest BCUT2D eigenvalue weighted by atomic mass is 10.4. The van der Waals surface area contributed by atoms with Gasteiger partial charge in [-0.15, -0.1) is 11.3 Å². The molecule has 0 fully saturated rings. The standard InChI is InChI=1S/C10H11N3O3S/c14-5-2-4-11-9(15)10-12-8(13-16-10)7-3-1-6-17-7/h1,3,6,14H,2,4-5H2,(H,11,15). The molecule has 17 heavy (non-hydrogen) atoms. The highest BCUT2D eigenvalue weighted by molar-refractivity contribution is 7.13. The Hall–Kier alpha value is -1.73. The van der Waals surface area contributed by atoms with Crippen LogP contribution in [0.1, 0.15) is 17.1 Å². The molecule has 2 aromatic rings. The minimum absolute atomic E-state index is 0.0323. The molecule has 0 aliphatic carbocycles. The summed E-state index contributed by atoms with van der Waals surface area (Å²) in [6, 6.07) is 3.72. The molecule has 0 aliphatic heterocycles. The fourth-order valence-electron chi connectivity index (χ4n) is 1.18. The van der Waals surface area contributed by atoms with Crippen molar-refractivity contribution in [3.8, 4) is 10.7 Å². The molecule has 2 rings (SSSR count). The first kappa shape index (κ1) is 11.7. The van der Waals surface area contributed by atoms with Crippen molar-refractivity contribution in [3.63, 3.8) is 0 Å². The second-order valence-electron chi connectivity index (χ2n) is 3.23. The topological polar surface area (TPSA) is 88.2 Å². The van der Waals surface area contributed by atoms with Crippen LogP contribution in [0, 0.1) is 0 Å². The zero-order valence-electron chi connectivity index (χ0n) is 8.92. The number of nitrogens with zero attached hydrogens (tertiary/aromatic N) is 2. The van der Waals surface area contributed by atoms with Crippen LogP contribution in [0.2, 0.25) is 0 Å². The second-order valence-corrected chi connectivity index (χ2v) is 4.18. The van der Waals surface area contributed by atoms with Crippen molar-refractivity contribution in [3.05, 3.63) is 23.4 Å². The fourth-order valence-corrected chi connectivity index (χ4v) is 1.83. The number of carbonyl (C=O) groups excluding carboxylic acids is 1. The fraction of sp³-hybridized carbons (Fsp3) is 0.300. The van der Waals surface area contributed by atoms with Crippen molar-refractivity contribution in [1.82, 2.24) is 15.5 Å². The average Bonchev–Trinajstić information content (AvgIpc) is 3.00. The van der Waals surface area contributed by atoms with Crippen molar-refractivity contribution < 1.29 is 14.4 Å². The van der Waals surface area contributed by atoms with Crippen LogP contribution in [0.5, 0.6) is 0 Å². The van der Waals surface area contributed by atoms with E-state index < -0.39 is 5.91 Å². The highest BCUT2D eigenvalue weighted by Crippen LogP contribution is 2.21. The van der Waals surface area contributed by atoms with Gasteiger partial charge in [0, 0.05) is 13.2 Å². The smallest absolute Gasteiger partial charge is 0.316 e. The summed E-state index contributed by atoms with van der Waals surface area (Å²) >= 11 is 1.47. The second kappa shape index (κ2) is 5.55. The Bertz CT molecular complexity index is 481. The van der Waals surface area contributed by atoms with Crippen LogP contribution in [0.4, 0.5) is 0 Å². The molecule has 0 radical (unpaired) electrons. The van der Waals surface area contributed by atoms with Gasteiger partial charge >= 0.3 is 11.8 Å². The van der Waals surface area contributed by atoms with Gasteiger partial charge in [0.05, 0.1) is 4.88 Å². The maximum absolute atomic E-state index is 11.5. The lowest BCUT2D eigenvalue weighted by Gasteiger charge is -1.98. The quantitative estimate of drug-likeness (QED) is 0.773. The van der Waals surface area contributed by atoms with Crippen LogP contribution in [-0.4, -0.2) is 34.3 Å². The molecular formula is C10H11N3O3S. The van der Waals surface area contributed by atoms with Gasteiger partial charge in [0.2, 0.25) is 5.82 Å². The van der Waals surface area contributed by atoms with Gasteiger partial charge in [-0.2, -0.15) is 4.98 Å². The van der Waals surface area contributed by atoms with Crippen LogP contribution >= 0.6 is 11.3 Å². The number of aromatic nitrogens is 2. The number of carbonyl (C=O) groups is 1. The number of amides is 1. The lowest BCUT2D eigenvalue weighted by molar-refractivity contribution is 0.0907. The molecule has 0 unspecified atom stereocenters. The van der Waals surface area contributed by atoms with Crippen LogP contribution < -0.4 is 5.32 Å². The molecule has 2 heterocycles. The molecule has 90 valence electrons. The highest BCUT2D eigenvalue weighted by atomic mass is 32.1. The zero-order valence-corrected chi connectivity index (χ0v) is 9.74. The molecule has 0 atom stereocenters. The van der Waals surface area contributed by atoms with Crippen molar-refractivity contribution in [2.75, 3.05) is 13.2 Å². The van der Waals surface area contributed by atoms with Crippen LogP contribution in [0.3, 0.4) is 0 Å². The third kappa shape index (κ3) is 2.89. The predicted octanol–water partition coefficient (Wildman–Crippen LogP) is 0.910. The minimum atomic E-state index is -0.422. The van der Waals surface area contributed by atoms with Crippen molar-refractivity contribution in [2.45, 2.75) is 6.42 Å². The average molecular weight is 253 g/mol. The Labute approximate surface area is 101 Å². The van der Waals surface area contributed by atoms with Gasteiger partial charge in [-0.3, -0.25) is 4.79 Å². The molecule has 1 amide bonds. The normalized spacial score (nSPS) is 10.4. The molecule has 2 N–H and O–H groups in total. The van der Waals surface area contributed by atoms with E-state index >= 15 is 0 Å². The van der Waals surface area contributed by atoms with E-state index in [9.17, 15) is 4.79 Å². The number of thiophene rings is 1. The first-order chi connectivity index (χ1) is 8.31. The van der Waals surface area contributed by atoms with Crippen LogP contribution in [0.25, 0.3) is 10.7 Å². The first-order valence-electron chi connectivity index (χ1n) is 5.08. The summed E-state index contributed by atoms with van der Waals surface area (Å²) in [6.07, 6.45) is 0.498. The number of nitrogens with one attached hydrogen (secondary N) is 1.